The van der Waals surface area contributed by atoms with Gasteiger partial charge in [-0.15, -0.1) is 0 Å². The fourth-order valence-corrected chi connectivity index (χ4v) is 2.46. The number of rotatable bonds is 4. The summed E-state index contributed by atoms with van der Waals surface area (Å²) in [5.74, 6) is -2.11. The molecule has 0 unspecified atom stereocenters. The molecule has 2 amide bonds. The molecule has 21 heavy (non-hydrogen) atoms. The summed E-state index contributed by atoms with van der Waals surface area (Å²) < 4.78 is 0. The van der Waals surface area contributed by atoms with Crippen molar-refractivity contribution in [1.82, 2.24) is 5.32 Å². The van der Waals surface area contributed by atoms with Crippen molar-refractivity contribution >= 4 is 35.1 Å². The number of carbonyl (C=O) groups is 3. The van der Waals surface area contributed by atoms with E-state index in [1.165, 1.54) is 19.2 Å². The van der Waals surface area contributed by atoms with Gasteiger partial charge in [0.15, 0.2) is 0 Å². The Morgan fingerprint density at radius 1 is 1.24 bits per heavy atom. The number of anilines is 1. The molecule has 2 rings (SSSR count). The molecule has 0 aliphatic heterocycles. The Bertz CT molecular complexity index is 597. The molecule has 0 saturated heterocycles. The van der Waals surface area contributed by atoms with E-state index >= 15 is 0 Å². The van der Waals surface area contributed by atoms with E-state index < -0.39 is 11.9 Å². The number of aliphatic carboxylic acids is 1. The summed E-state index contributed by atoms with van der Waals surface area (Å²) in [5, 5.41) is 14.2. The lowest BCUT2D eigenvalue weighted by Crippen LogP contribution is -2.38. The number of carboxylic acids is 1. The van der Waals surface area contributed by atoms with Gasteiger partial charge in [-0.1, -0.05) is 11.6 Å². The number of carbonyl (C=O) groups excluding carboxylic acids is 2. The summed E-state index contributed by atoms with van der Waals surface area (Å²) in [6, 6.07) is 4.61. The Kier molecular flexibility index (Phi) is 4.47. The molecule has 1 aromatic rings. The predicted octanol–water partition coefficient (Wildman–Crippen LogP) is 1.75. The third kappa shape index (κ3) is 3.33. The number of hydrogen-bond donors (Lipinski definition) is 3. The van der Waals surface area contributed by atoms with Crippen LogP contribution in [0.3, 0.4) is 0 Å². The molecular weight excluding hydrogens is 296 g/mol. The van der Waals surface area contributed by atoms with Crippen LogP contribution in [0.1, 0.15) is 23.2 Å². The van der Waals surface area contributed by atoms with Crippen LogP contribution in [0.25, 0.3) is 0 Å². The highest BCUT2D eigenvalue weighted by atomic mass is 35.5. The first kappa shape index (κ1) is 15.3. The monoisotopic (exact) mass is 310 g/mol. The Labute approximate surface area is 126 Å². The van der Waals surface area contributed by atoms with E-state index in [4.69, 9.17) is 16.7 Å². The summed E-state index contributed by atoms with van der Waals surface area (Å²) in [6.07, 6.45) is 0.705. The number of hydrogen-bond acceptors (Lipinski definition) is 3. The van der Waals surface area contributed by atoms with Gasteiger partial charge in [0.05, 0.1) is 16.5 Å². The fraction of sp³-hybridized carbons (Fsp3) is 0.357. The van der Waals surface area contributed by atoms with Crippen LogP contribution in [-0.4, -0.2) is 29.9 Å². The quantitative estimate of drug-likeness (QED) is 0.789. The lowest BCUT2D eigenvalue weighted by Gasteiger charge is -2.30. The normalized spacial score (nSPS) is 20.3. The molecule has 0 bridgehead atoms. The van der Waals surface area contributed by atoms with Crippen LogP contribution in [0.4, 0.5) is 5.69 Å². The highest BCUT2D eigenvalue weighted by molar-refractivity contribution is 6.34. The third-order valence-corrected chi connectivity index (χ3v) is 3.88. The molecule has 1 aromatic carbocycles. The van der Waals surface area contributed by atoms with E-state index in [-0.39, 0.29) is 22.8 Å². The first-order valence-corrected chi connectivity index (χ1v) is 6.85. The second kappa shape index (κ2) is 6.13. The Morgan fingerprint density at radius 2 is 1.90 bits per heavy atom. The highest BCUT2D eigenvalue weighted by Crippen LogP contribution is 2.34. The highest BCUT2D eigenvalue weighted by Gasteiger charge is 2.38. The van der Waals surface area contributed by atoms with Gasteiger partial charge in [-0.3, -0.25) is 14.4 Å². The van der Waals surface area contributed by atoms with Crippen LogP contribution in [-0.2, 0) is 9.59 Å². The van der Waals surface area contributed by atoms with Gasteiger partial charge in [-0.05, 0) is 31.0 Å². The Morgan fingerprint density at radius 3 is 2.43 bits per heavy atom. The van der Waals surface area contributed by atoms with Crippen molar-refractivity contribution < 1.29 is 19.5 Å². The fourth-order valence-electron chi connectivity index (χ4n) is 2.19. The van der Waals surface area contributed by atoms with Gasteiger partial charge in [-0.25, -0.2) is 0 Å². The predicted molar refractivity (Wildman–Crippen MR) is 77.3 cm³/mol. The van der Waals surface area contributed by atoms with Crippen LogP contribution in [0.15, 0.2) is 18.2 Å². The molecule has 0 heterocycles. The SMILES string of the molecule is CNC(=O)c1ccc(NC(=O)C2CC(C(=O)O)C2)cc1Cl. The molecule has 1 fully saturated rings. The zero-order valence-corrected chi connectivity index (χ0v) is 12.1. The molecule has 6 nitrogen and oxygen atoms in total. The van der Waals surface area contributed by atoms with E-state index in [0.29, 0.717) is 24.1 Å². The lowest BCUT2D eigenvalue weighted by molar-refractivity contribution is -0.147. The standard InChI is InChI=1S/C14H15ClN2O4/c1-16-13(19)10-3-2-9(6-11(10)15)17-12(18)7-4-8(5-7)14(20)21/h2-3,6-8H,4-5H2,1H3,(H,16,19)(H,17,18)(H,20,21). The molecule has 3 N–H and O–H groups in total. The van der Waals surface area contributed by atoms with E-state index in [1.54, 1.807) is 6.07 Å². The number of amides is 2. The first-order valence-electron chi connectivity index (χ1n) is 6.47. The first-order chi connectivity index (χ1) is 9.92. The second-order valence-corrected chi connectivity index (χ2v) is 5.37. The zero-order chi connectivity index (χ0) is 15.6. The number of benzene rings is 1. The maximum atomic E-state index is 11.9. The van der Waals surface area contributed by atoms with E-state index in [1.807, 2.05) is 0 Å². The van der Waals surface area contributed by atoms with Crippen molar-refractivity contribution in [1.29, 1.82) is 0 Å². The van der Waals surface area contributed by atoms with Gasteiger partial charge >= 0.3 is 5.97 Å². The van der Waals surface area contributed by atoms with Crippen molar-refractivity contribution in [3.63, 3.8) is 0 Å². The number of carboxylic acid groups (broad SMARTS) is 1. The van der Waals surface area contributed by atoms with Crippen LogP contribution in [0.5, 0.6) is 0 Å². The second-order valence-electron chi connectivity index (χ2n) is 4.97. The minimum atomic E-state index is -0.864. The van der Waals surface area contributed by atoms with Crippen LogP contribution >= 0.6 is 11.6 Å². The third-order valence-electron chi connectivity index (χ3n) is 3.57. The maximum Gasteiger partial charge on any atom is 0.306 e. The molecule has 7 heteroatoms. The number of nitrogens with one attached hydrogen (secondary N) is 2. The topological polar surface area (TPSA) is 95.5 Å². The summed E-state index contributed by atoms with van der Waals surface area (Å²) in [7, 11) is 1.50. The van der Waals surface area contributed by atoms with Gasteiger partial charge in [0.2, 0.25) is 5.91 Å². The smallest absolute Gasteiger partial charge is 0.306 e. The van der Waals surface area contributed by atoms with Gasteiger partial charge in [0, 0.05) is 18.7 Å². The lowest BCUT2D eigenvalue weighted by atomic mass is 9.74. The Hall–Kier alpha value is -2.08. The van der Waals surface area contributed by atoms with Gasteiger partial charge in [0.25, 0.3) is 5.91 Å². The van der Waals surface area contributed by atoms with Crippen LogP contribution < -0.4 is 10.6 Å². The molecule has 112 valence electrons. The van der Waals surface area contributed by atoms with Crippen molar-refractivity contribution in [2.75, 3.05) is 12.4 Å². The van der Waals surface area contributed by atoms with Gasteiger partial charge in [-0.2, -0.15) is 0 Å². The van der Waals surface area contributed by atoms with Crippen molar-refractivity contribution in [2.45, 2.75) is 12.8 Å². The number of halogens is 1. The zero-order valence-electron chi connectivity index (χ0n) is 11.4. The van der Waals surface area contributed by atoms with Gasteiger partial charge < -0.3 is 15.7 Å². The summed E-state index contributed by atoms with van der Waals surface area (Å²) in [4.78, 5) is 34.1. The minimum absolute atomic E-state index is 0.226. The maximum absolute atomic E-state index is 11.9. The molecule has 1 aliphatic carbocycles. The molecule has 0 aromatic heterocycles. The van der Waals surface area contributed by atoms with Crippen LogP contribution in [0.2, 0.25) is 5.02 Å². The van der Waals surface area contributed by atoms with E-state index in [2.05, 4.69) is 10.6 Å². The molecule has 1 saturated carbocycles. The Balaban J connectivity index is 1.98. The summed E-state index contributed by atoms with van der Waals surface area (Å²) in [6.45, 7) is 0. The molecule has 0 radical (unpaired) electrons. The molecule has 1 aliphatic rings. The largest absolute Gasteiger partial charge is 0.481 e. The molecular formula is C14H15ClN2O4. The summed E-state index contributed by atoms with van der Waals surface area (Å²) >= 11 is 5.99. The van der Waals surface area contributed by atoms with Gasteiger partial charge in [0.1, 0.15) is 0 Å². The molecule has 0 spiro atoms. The minimum Gasteiger partial charge on any atom is -0.481 e. The average Bonchev–Trinajstić information content (AvgIpc) is 2.35. The molecule has 0 atom stereocenters. The van der Waals surface area contributed by atoms with Crippen molar-refractivity contribution in [3.8, 4) is 0 Å². The van der Waals surface area contributed by atoms with Crippen LogP contribution in [0, 0.1) is 11.8 Å². The van der Waals surface area contributed by atoms with Crippen molar-refractivity contribution in [3.05, 3.63) is 28.8 Å². The van der Waals surface area contributed by atoms with E-state index in [0.717, 1.165) is 0 Å². The average molecular weight is 311 g/mol. The van der Waals surface area contributed by atoms with Crippen molar-refractivity contribution in [2.24, 2.45) is 11.8 Å². The van der Waals surface area contributed by atoms with E-state index in [9.17, 15) is 14.4 Å². The summed E-state index contributed by atoms with van der Waals surface area (Å²) in [5.41, 5.74) is 0.808.